The van der Waals surface area contributed by atoms with Crippen LogP contribution in [0.15, 0.2) is 78.9 Å². The molecule has 0 saturated heterocycles. The Morgan fingerprint density at radius 3 is 2.40 bits per heavy atom. The molecule has 1 atom stereocenters. The fraction of sp³-hybridized carbons (Fsp3) is 0.161. The third-order valence-electron chi connectivity index (χ3n) is 6.37. The Bertz CT molecular complexity index is 1610. The van der Waals surface area contributed by atoms with E-state index in [1.54, 1.807) is 72.8 Å². The van der Waals surface area contributed by atoms with E-state index in [9.17, 15) is 9.59 Å². The third-order valence-corrected chi connectivity index (χ3v) is 7.13. The second-order valence-electron chi connectivity index (χ2n) is 9.27. The van der Waals surface area contributed by atoms with Gasteiger partial charge in [0.05, 0.1) is 11.6 Å². The van der Waals surface area contributed by atoms with Crippen molar-refractivity contribution in [1.82, 2.24) is 5.32 Å². The van der Waals surface area contributed by atoms with Gasteiger partial charge in [0.1, 0.15) is 34.9 Å². The number of amides is 1. The van der Waals surface area contributed by atoms with Crippen LogP contribution in [0.1, 0.15) is 34.0 Å². The lowest BCUT2D eigenvalue weighted by molar-refractivity contribution is 0.0326. The van der Waals surface area contributed by atoms with Crippen molar-refractivity contribution in [2.45, 2.75) is 18.9 Å². The highest BCUT2D eigenvalue weighted by atomic mass is 35.5. The summed E-state index contributed by atoms with van der Waals surface area (Å²) in [6, 6.07) is 22.2. The maximum atomic E-state index is 12.8. The Kier molecular flexibility index (Phi) is 9.27. The number of halogens is 3. The van der Waals surface area contributed by atoms with E-state index >= 15 is 0 Å². The minimum Gasteiger partial charge on any atom is -0.493 e. The highest BCUT2D eigenvalue weighted by molar-refractivity contribution is 6.32. The molecule has 0 bridgehead atoms. The molecule has 0 saturated carbocycles. The van der Waals surface area contributed by atoms with Crippen LogP contribution in [0, 0.1) is 0 Å². The first-order valence-electron chi connectivity index (χ1n) is 12.9. The second kappa shape index (κ2) is 13.2. The van der Waals surface area contributed by atoms with Gasteiger partial charge in [0, 0.05) is 40.2 Å². The monoisotopic (exact) mass is 627 g/mol. The Labute approximate surface area is 256 Å². The molecule has 1 aliphatic heterocycles. The summed E-state index contributed by atoms with van der Waals surface area (Å²) in [5, 5.41) is 13.2. The lowest BCUT2D eigenvalue weighted by Crippen LogP contribution is -2.25. The van der Waals surface area contributed by atoms with E-state index in [0.717, 1.165) is 5.56 Å². The van der Waals surface area contributed by atoms with Crippen molar-refractivity contribution in [2.75, 3.05) is 13.2 Å². The Morgan fingerprint density at radius 1 is 0.881 bits per heavy atom. The number of hydrogen-bond donors (Lipinski definition) is 2. The molecule has 42 heavy (non-hydrogen) atoms. The van der Waals surface area contributed by atoms with E-state index in [1.165, 1.54) is 0 Å². The molecule has 0 aliphatic carbocycles. The molecule has 0 aromatic heterocycles. The summed E-state index contributed by atoms with van der Waals surface area (Å²) in [5.41, 5.74) is 1.85. The third kappa shape index (κ3) is 7.39. The molecule has 0 spiro atoms. The first kappa shape index (κ1) is 29.4. The lowest BCUT2D eigenvalue weighted by Gasteiger charge is -2.25. The normalized spacial score (nSPS) is 13.8. The van der Waals surface area contributed by atoms with E-state index in [2.05, 4.69) is 5.32 Å². The molecule has 0 radical (unpaired) electrons. The van der Waals surface area contributed by atoms with Crippen molar-refractivity contribution in [3.8, 4) is 28.7 Å². The van der Waals surface area contributed by atoms with Gasteiger partial charge in [-0.15, -0.1) is 0 Å². The quantitative estimate of drug-likeness (QED) is 0.179. The maximum absolute atomic E-state index is 12.8. The number of carbonyl (C=O) groups is 2. The number of ether oxygens (including phenoxy) is 4. The van der Waals surface area contributed by atoms with Crippen LogP contribution < -0.4 is 19.5 Å². The van der Waals surface area contributed by atoms with Gasteiger partial charge in [-0.3, -0.25) is 4.79 Å². The van der Waals surface area contributed by atoms with Crippen LogP contribution in [0.25, 0.3) is 0 Å². The average Bonchev–Trinajstić information content (AvgIpc) is 2.95. The van der Waals surface area contributed by atoms with Crippen LogP contribution in [-0.2, 0) is 11.2 Å². The summed E-state index contributed by atoms with van der Waals surface area (Å²) < 4.78 is 22.5. The number of hydrogen-bond acceptors (Lipinski definition) is 6. The highest BCUT2D eigenvalue weighted by Crippen LogP contribution is 2.42. The molecule has 4 aromatic rings. The fourth-order valence-corrected chi connectivity index (χ4v) is 4.93. The summed E-state index contributed by atoms with van der Waals surface area (Å²) in [6.07, 6.45) is -1.14. The summed E-state index contributed by atoms with van der Waals surface area (Å²) in [6.45, 7) is 0.659. The summed E-state index contributed by atoms with van der Waals surface area (Å²) >= 11 is 18.7. The molecule has 5 rings (SSSR count). The van der Waals surface area contributed by atoms with Crippen molar-refractivity contribution in [3.63, 3.8) is 0 Å². The number of carboxylic acid groups (broad SMARTS) is 1. The van der Waals surface area contributed by atoms with Gasteiger partial charge in [-0.25, -0.2) is 4.79 Å². The predicted octanol–water partition coefficient (Wildman–Crippen LogP) is 8.72. The van der Waals surface area contributed by atoms with Crippen molar-refractivity contribution >= 4 is 46.9 Å². The van der Waals surface area contributed by atoms with Gasteiger partial charge in [0.15, 0.2) is 0 Å². The van der Waals surface area contributed by atoms with Gasteiger partial charge in [-0.05, 0) is 72.6 Å². The second-order valence-corrected chi connectivity index (χ2v) is 10.6. The SMILES string of the molecule is O=C(O)OC1CCOc2cc(Oc3ccc(C(=O)NCCc4ccc(Cl)cc4Oc4cccc(Cl)c4)cc3)c(Cl)cc21. The number of benzene rings is 4. The topological polar surface area (TPSA) is 103 Å². The molecule has 216 valence electrons. The summed E-state index contributed by atoms with van der Waals surface area (Å²) in [4.78, 5) is 23.8. The molecule has 2 N–H and O–H groups in total. The average molecular weight is 629 g/mol. The highest BCUT2D eigenvalue weighted by Gasteiger charge is 2.27. The molecule has 1 aliphatic rings. The van der Waals surface area contributed by atoms with Gasteiger partial charge < -0.3 is 29.4 Å². The zero-order valence-corrected chi connectivity index (χ0v) is 24.2. The van der Waals surface area contributed by atoms with E-state index in [4.69, 9.17) is 58.9 Å². The summed E-state index contributed by atoms with van der Waals surface area (Å²) in [7, 11) is 0. The molecule has 11 heteroatoms. The van der Waals surface area contributed by atoms with Gasteiger partial charge in [-0.1, -0.05) is 46.9 Å². The zero-order chi connectivity index (χ0) is 29.6. The molecule has 1 amide bonds. The molecule has 1 heterocycles. The van der Waals surface area contributed by atoms with Crippen LogP contribution in [0.2, 0.25) is 15.1 Å². The molecule has 4 aromatic carbocycles. The number of rotatable bonds is 9. The molecular weight excluding hydrogens is 605 g/mol. The van der Waals surface area contributed by atoms with Crippen LogP contribution >= 0.6 is 34.8 Å². The smallest absolute Gasteiger partial charge is 0.493 e. The van der Waals surface area contributed by atoms with Crippen molar-refractivity contribution in [2.24, 2.45) is 0 Å². The molecule has 8 nitrogen and oxygen atoms in total. The Morgan fingerprint density at radius 2 is 1.64 bits per heavy atom. The summed E-state index contributed by atoms with van der Waals surface area (Å²) in [5.74, 6) is 2.12. The van der Waals surface area contributed by atoms with Crippen LogP contribution in [0.4, 0.5) is 4.79 Å². The van der Waals surface area contributed by atoms with Gasteiger partial charge in [-0.2, -0.15) is 0 Å². The molecular formula is C31H24Cl3NO7. The predicted molar refractivity (Wildman–Crippen MR) is 159 cm³/mol. The Hall–Kier alpha value is -4.11. The van der Waals surface area contributed by atoms with Crippen LogP contribution in [0.3, 0.4) is 0 Å². The van der Waals surface area contributed by atoms with E-state index < -0.39 is 12.3 Å². The largest absolute Gasteiger partial charge is 0.506 e. The van der Waals surface area contributed by atoms with E-state index in [1.807, 2.05) is 6.07 Å². The van der Waals surface area contributed by atoms with Crippen molar-refractivity contribution in [3.05, 3.63) is 111 Å². The zero-order valence-electron chi connectivity index (χ0n) is 21.9. The lowest BCUT2D eigenvalue weighted by atomic mass is 10.0. The number of fused-ring (bicyclic) bond motifs is 1. The number of nitrogens with one attached hydrogen (secondary N) is 1. The minimum atomic E-state index is -1.37. The molecule has 1 unspecified atom stereocenters. The first-order chi connectivity index (χ1) is 20.2. The van der Waals surface area contributed by atoms with E-state index in [-0.39, 0.29) is 10.9 Å². The Balaban J connectivity index is 1.19. The van der Waals surface area contributed by atoms with Crippen LogP contribution in [-0.4, -0.2) is 30.3 Å². The first-order valence-corrected chi connectivity index (χ1v) is 14.0. The van der Waals surface area contributed by atoms with Gasteiger partial charge in [0.2, 0.25) is 0 Å². The fourth-order valence-electron chi connectivity index (χ4n) is 4.38. The van der Waals surface area contributed by atoms with Gasteiger partial charge in [0.25, 0.3) is 5.91 Å². The number of carbonyl (C=O) groups excluding carboxylic acids is 1. The standard InChI is InChI=1S/C31H24Cl3NO7/c32-20-2-1-3-23(14-20)41-27-15-21(33)7-4-18(27)10-12-35-30(36)19-5-8-22(9-6-19)40-29-17-28-24(16-25(29)34)26(11-13-39-28)42-31(37)38/h1-9,14-17,26H,10-13H2,(H,35,36)(H,37,38). The van der Waals surface area contributed by atoms with Crippen molar-refractivity contribution < 1.29 is 33.6 Å². The molecule has 0 fully saturated rings. The van der Waals surface area contributed by atoms with Crippen molar-refractivity contribution in [1.29, 1.82) is 0 Å². The minimum absolute atomic E-state index is 0.252. The van der Waals surface area contributed by atoms with E-state index in [0.29, 0.717) is 75.9 Å². The van der Waals surface area contributed by atoms with Crippen LogP contribution in [0.5, 0.6) is 28.7 Å². The van der Waals surface area contributed by atoms with Gasteiger partial charge >= 0.3 is 6.16 Å². The maximum Gasteiger partial charge on any atom is 0.506 e.